The number of likely N-dealkylation sites (N-methyl/N-ethyl adjacent to an activating group) is 1. The van der Waals surface area contributed by atoms with Crippen LogP contribution in [0.5, 0.6) is 5.75 Å². The van der Waals surface area contributed by atoms with E-state index >= 15 is 0 Å². The summed E-state index contributed by atoms with van der Waals surface area (Å²) in [5, 5.41) is 3.44. The van der Waals surface area contributed by atoms with Gasteiger partial charge in [0.05, 0.1) is 18.8 Å². The number of methoxy groups -OCH3 is 1. The molecule has 0 spiro atoms. The number of benzene rings is 1. The van der Waals surface area contributed by atoms with Gasteiger partial charge < -0.3 is 14.8 Å². The smallest absolute Gasteiger partial charge is 0.123 e. The largest absolute Gasteiger partial charge is 0.496 e. The highest BCUT2D eigenvalue weighted by Crippen LogP contribution is 2.39. The molecule has 20 heavy (non-hydrogen) atoms. The molecule has 0 radical (unpaired) electrons. The molecule has 0 aliphatic rings. The van der Waals surface area contributed by atoms with Gasteiger partial charge in [-0.05, 0) is 39.8 Å². The predicted octanol–water partition coefficient (Wildman–Crippen LogP) is 3.86. The Bertz CT molecular complexity index is 413. The lowest BCUT2D eigenvalue weighted by molar-refractivity contribution is -0.0721. The van der Waals surface area contributed by atoms with Gasteiger partial charge in [-0.3, -0.25) is 0 Å². The molecule has 0 aromatic heterocycles. The molecule has 0 saturated heterocycles. The molecule has 0 bridgehead atoms. The zero-order valence-electron chi connectivity index (χ0n) is 13.7. The third-order valence-electron chi connectivity index (χ3n) is 4.14. The molecule has 0 amide bonds. The summed E-state index contributed by atoms with van der Waals surface area (Å²) < 4.78 is 11.7. The van der Waals surface area contributed by atoms with E-state index in [1.807, 2.05) is 13.1 Å². The Morgan fingerprint density at radius 1 is 1.20 bits per heavy atom. The van der Waals surface area contributed by atoms with Crippen molar-refractivity contribution in [3.8, 4) is 5.75 Å². The SMILES string of the molecule is CCOC(CC)(CC)C(NC)c1cc(C)ccc1OC. The van der Waals surface area contributed by atoms with E-state index in [1.54, 1.807) is 7.11 Å². The van der Waals surface area contributed by atoms with E-state index in [0.717, 1.165) is 18.6 Å². The fourth-order valence-corrected chi connectivity index (χ4v) is 3.01. The van der Waals surface area contributed by atoms with Crippen molar-refractivity contribution in [3.05, 3.63) is 29.3 Å². The molecule has 0 saturated carbocycles. The van der Waals surface area contributed by atoms with Crippen LogP contribution in [0.3, 0.4) is 0 Å². The van der Waals surface area contributed by atoms with Gasteiger partial charge >= 0.3 is 0 Å². The predicted molar refractivity (Wildman–Crippen MR) is 84.5 cm³/mol. The van der Waals surface area contributed by atoms with Crippen molar-refractivity contribution in [3.63, 3.8) is 0 Å². The van der Waals surface area contributed by atoms with E-state index in [4.69, 9.17) is 9.47 Å². The summed E-state index contributed by atoms with van der Waals surface area (Å²) in [6.45, 7) is 9.25. The van der Waals surface area contributed by atoms with E-state index in [2.05, 4.69) is 45.1 Å². The molecule has 1 aromatic rings. The van der Waals surface area contributed by atoms with Crippen LogP contribution in [-0.2, 0) is 4.74 Å². The minimum absolute atomic E-state index is 0.118. The summed E-state index contributed by atoms with van der Waals surface area (Å²) in [6, 6.07) is 6.43. The number of ether oxygens (including phenoxy) is 2. The van der Waals surface area contributed by atoms with Crippen LogP contribution in [-0.4, -0.2) is 26.4 Å². The Hall–Kier alpha value is -1.06. The first-order valence-electron chi connectivity index (χ1n) is 7.54. The van der Waals surface area contributed by atoms with Crippen molar-refractivity contribution in [2.75, 3.05) is 20.8 Å². The van der Waals surface area contributed by atoms with Crippen LogP contribution in [0.1, 0.15) is 50.8 Å². The lowest BCUT2D eigenvalue weighted by Crippen LogP contribution is -2.44. The van der Waals surface area contributed by atoms with E-state index in [-0.39, 0.29) is 11.6 Å². The summed E-state index contributed by atoms with van der Waals surface area (Å²) in [6.07, 6.45) is 1.92. The molecule has 3 heteroatoms. The van der Waals surface area contributed by atoms with E-state index < -0.39 is 0 Å². The fraction of sp³-hybridized carbons (Fsp3) is 0.647. The van der Waals surface area contributed by atoms with E-state index in [1.165, 1.54) is 11.1 Å². The molecule has 1 atom stereocenters. The average Bonchev–Trinajstić information content (AvgIpc) is 2.47. The Kier molecular flexibility index (Phi) is 6.50. The summed E-state index contributed by atoms with van der Waals surface area (Å²) >= 11 is 0. The summed E-state index contributed by atoms with van der Waals surface area (Å²) in [4.78, 5) is 0. The van der Waals surface area contributed by atoms with Crippen molar-refractivity contribution in [2.24, 2.45) is 0 Å². The van der Waals surface area contributed by atoms with Crippen molar-refractivity contribution >= 4 is 0 Å². The van der Waals surface area contributed by atoms with Gasteiger partial charge in [0.25, 0.3) is 0 Å². The normalized spacial score (nSPS) is 13.3. The minimum atomic E-state index is -0.204. The van der Waals surface area contributed by atoms with Gasteiger partial charge in [0.2, 0.25) is 0 Å². The monoisotopic (exact) mass is 279 g/mol. The summed E-state index contributed by atoms with van der Waals surface area (Å²) in [7, 11) is 3.71. The van der Waals surface area contributed by atoms with Crippen LogP contribution in [0.2, 0.25) is 0 Å². The minimum Gasteiger partial charge on any atom is -0.496 e. The van der Waals surface area contributed by atoms with Crippen LogP contribution < -0.4 is 10.1 Å². The van der Waals surface area contributed by atoms with Crippen LogP contribution in [0.15, 0.2) is 18.2 Å². The fourth-order valence-electron chi connectivity index (χ4n) is 3.01. The first-order chi connectivity index (χ1) is 9.58. The molecule has 0 aliphatic carbocycles. The molecule has 1 N–H and O–H groups in total. The molecule has 1 unspecified atom stereocenters. The molecular formula is C17H29NO2. The van der Waals surface area contributed by atoms with Crippen molar-refractivity contribution < 1.29 is 9.47 Å². The lowest BCUT2D eigenvalue weighted by atomic mass is 9.83. The average molecular weight is 279 g/mol. The third kappa shape index (κ3) is 3.33. The molecule has 0 aliphatic heterocycles. The Balaban J connectivity index is 3.32. The molecule has 0 fully saturated rings. The quantitative estimate of drug-likeness (QED) is 0.784. The third-order valence-corrected chi connectivity index (χ3v) is 4.14. The van der Waals surface area contributed by atoms with Gasteiger partial charge in [0.1, 0.15) is 5.75 Å². The second-order valence-electron chi connectivity index (χ2n) is 5.17. The molecule has 1 rings (SSSR count). The zero-order valence-corrected chi connectivity index (χ0v) is 13.7. The van der Waals surface area contributed by atoms with Crippen molar-refractivity contribution in [1.29, 1.82) is 0 Å². The Labute approximate surface area is 123 Å². The van der Waals surface area contributed by atoms with Crippen LogP contribution in [0, 0.1) is 6.92 Å². The Morgan fingerprint density at radius 2 is 1.85 bits per heavy atom. The summed E-state index contributed by atoms with van der Waals surface area (Å²) in [5.41, 5.74) is 2.20. The van der Waals surface area contributed by atoms with Gasteiger partial charge in [0, 0.05) is 12.2 Å². The van der Waals surface area contributed by atoms with Gasteiger partial charge in [0.15, 0.2) is 0 Å². The summed E-state index contributed by atoms with van der Waals surface area (Å²) in [5.74, 6) is 0.918. The van der Waals surface area contributed by atoms with Crippen LogP contribution in [0.25, 0.3) is 0 Å². The standard InChI is InChI=1S/C17H29NO2/c1-7-17(8-2,20-9-3)16(18-5)14-12-13(4)10-11-15(14)19-6/h10-12,16,18H,7-9H2,1-6H3. The lowest BCUT2D eigenvalue weighted by Gasteiger charge is -2.40. The second-order valence-corrected chi connectivity index (χ2v) is 5.17. The number of nitrogens with one attached hydrogen (secondary N) is 1. The highest BCUT2D eigenvalue weighted by Gasteiger charge is 2.38. The highest BCUT2D eigenvalue weighted by atomic mass is 16.5. The maximum absolute atomic E-state index is 6.16. The highest BCUT2D eigenvalue weighted by molar-refractivity contribution is 5.40. The number of hydrogen-bond donors (Lipinski definition) is 1. The first kappa shape index (κ1) is 17.0. The maximum Gasteiger partial charge on any atom is 0.123 e. The van der Waals surface area contributed by atoms with Gasteiger partial charge in [-0.25, -0.2) is 0 Å². The molecule has 114 valence electrons. The zero-order chi connectivity index (χ0) is 15.2. The molecule has 3 nitrogen and oxygen atoms in total. The molecule has 0 heterocycles. The van der Waals surface area contributed by atoms with E-state index in [0.29, 0.717) is 6.61 Å². The van der Waals surface area contributed by atoms with Gasteiger partial charge in [-0.15, -0.1) is 0 Å². The van der Waals surface area contributed by atoms with Gasteiger partial charge in [-0.2, -0.15) is 0 Å². The first-order valence-corrected chi connectivity index (χ1v) is 7.54. The number of aryl methyl sites for hydroxylation is 1. The Morgan fingerprint density at radius 3 is 2.30 bits per heavy atom. The van der Waals surface area contributed by atoms with Crippen LogP contribution in [0.4, 0.5) is 0 Å². The number of hydrogen-bond acceptors (Lipinski definition) is 3. The number of rotatable bonds is 8. The van der Waals surface area contributed by atoms with Gasteiger partial charge in [-0.1, -0.05) is 31.5 Å². The maximum atomic E-state index is 6.16. The second kappa shape index (κ2) is 7.65. The molecular weight excluding hydrogens is 250 g/mol. The molecule has 1 aromatic carbocycles. The van der Waals surface area contributed by atoms with Crippen molar-refractivity contribution in [1.82, 2.24) is 5.32 Å². The van der Waals surface area contributed by atoms with Crippen molar-refractivity contribution in [2.45, 2.75) is 52.2 Å². The topological polar surface area (TPSA) is 30.5 Å². The van der Waals surface area contributed by atoms with Crippen LogP contribution >= 0.6 is 0 Å². The van der Waals surface area contributed by atoms with E-state index in [9.17, 15) is 0 Å².